The number of hydrogen-bond donors (Lipinski definition) is 0. The average molecular weight is 1540 g/mol. The van der Waals surface area contributed by atoms with Crippen LogP contribution < -0.4 is 0 Å². The first-order valence-electron chi connectivity index (χ1n) is 39.9. The molecular formula is C90H102N24O. The highest BCUT2D eigenvalue weighted by Gasteiger charge is 2.30. The summed E-state index contributed by atoms with van der Waals surface area (Å²) in [4.78, 5) is 36.0. The maximum absolute atomic E-state index is 5.18. The fourth-order valence-electron chi connectivity index (χ4n) is 15.9. The van der Waals surface area contributed by atoms with Gasteiger partial charge in [-0.05, 0) is 173 Å². The highest BCUT2D eigenvalue weighted by atomic mass is 16.5. The molecular weight excluding hydrogens is 1430 g/mol. The number of hydrogen-bond acceptors (Lipinski definition) is 16. The smallest absolute Gasteiger partial charge is 0.134 e. The van der Waals surface area contributed by atoms with E-state index in [9.17, 15) is 0 Å². The van der Waals surface area contributed by atoms with E-state index >= 15 is 0 Å². The fourth-order valence-corrected chi connectivity index (χ4v) is 15.9. The second-order valence-corrected chi connectivity index (χ2v) is 31.3. The van der Waals surface area contributed by atoms with E-state index in [-0.39, 0.29) is 0 Å². The fraction of sp³-hybridized carbons (Fsp3) is 0.333. The van der Waals surface area contributed by atoms with Gasteiger partial charge in [-0.15, -0.1) is 0 Å². The van der Waals surface area contributed by atoms with Crippen LogP contribution in [0.25, 0.3) is 101 Å². The van der Waals surface area contributed by atoms with Crippen LogP contribution in [0.2, 0.25) is 0 Å². The third-order valence-corrected chi connectivity index (χ3v) is 22.0. The lowest BCUT2D eigenvalue weighted by Gasteiger charge is -2.18. The standard InChI is InChI=1S/C31H36N8O.C30H34N8.C29H32N8/c1-36(2)13-14-38-12-11-27(35-38)17-28-32-18-24-9-10-25-20-37(3)31(29(25)30(24)34-28)23-7-5-22(6-8-23)26-19-33-39(21-26)15-16-40-4;1-5-37-13-12-26(34-37)16-27-31-17-23-10-11-24-19-36(4)30(28(24)29(23)33-27)22-8-6-21(7-9-22)25-18-32-38(20-25)15-14-35(2)3;1-34(2)13-14-37-12-11-25(33-37)15-26-30-16-22-9-10-23-18-35(3)29(27(23)28(22)32-26)21-7-5-20(6-8-21)24-17-31-36(4)19-24/h5-8,11-12,18-21H,9-10,13-17H2,1-4H3;6-9,12-13,17-20H,5,10-11,14-16H2,1-4H3;5-8,11-12,16-19H,9-10,13-15H2,1-4H3. The van der Waals surface area contributed by atoms with Crippen molar-refractivity contribution in [3.05, 3.63) is 252 Å². The van der Waals surface area contributed by atoms with Gasteiger partial charge in [-0.2, -0.15) is 30.6 Å². The maximum atomic E-state index is 5.18. The van der Waals surface area contributed by atoms with Crippen LogP contribution in [0.4, 0.5) is 0 Å². The lowest BCUT2D eigenvalue weighted by Crippen LogP contribution is -2.18. The number of nitrogens with zero attached hydrogens (tertiary/aromatic N) is 24. The molecule has 0 bridgehead atoms. The minimum absolute atomic E-state index is 0.618. The Morgan fingerprint density at radius 3 is 1.00 bits per heavy atom. The van der Waals surface area contributed by atoms with Crippen LogP contribution in [-0.2, 0) is 123 Å². The number of aromatic nitrogens is 21. The highest BCUT2D eigenvalue weighted by molar-refractivity contribution is 5.89. The number of fused-ring (bicyclic) bond motifs is 9. The van der Waals surface area contributed by atoms with E-state index in [1.165, 1.54) is 89.4 Å². The minimum Gasteiger partial charge on any atom is -0.383 e. The SMILES string of the molecule is CCn1ccc(Cc2ncc3c(n2)-c2c(cn(C)c2-c2ccc(-c4cnn(CCN(C)C)c4)cc2)CC3)n1.CN(C)CCn1ccc(Cc2ncc3c(n2)-c2c(cn(C)c2-c2ccc(-c4cnn(C)c4)cc2)CC3)n1.COCCn1cc(-c2ccc(-c3c4c(cn3C)CCc3cnc(Cc5ccn(CCN(C)C)n5)nc3-4)cc2)cn1. The average Bonchev–Trinajstić information content (AvgIpc) is 1.64. The molecule has 0 atom stereocenters. The van der Waals surface area contributed by atoms with Gasteiger partial charge in [0.25, 0.3) is 0 Å². The summed E-state index contributed by atoms with van der Waals surface area (Å²) in [5.41, 5.74) is 31.5. The molecule has 12 heterocycles. The first-order valence-corrected chi connectivity index (χ1v) is 39.9. The monoisotopic (exact) mass is 1530 g/mol. The van der Waals surface area contributed by atoms with Crippen molar-refractivity contribution in [2.75, 3.05) is 75.6 Å². The molecule has 3 aliphatic rings. The zero-order valence-corrected chi connectivity index (χ0v) is 68.2. The quantitative estimate of drug-likeness (QED) is 0.0519. The van der Waals surface area contributed by atoms with E-state index in [0.29, 0.717) is 25.9 Å². The maximum Gasteiger partial charge on any atom is 0.134 e. The van der Waals surface area contributed by atoms with Crippen LogP contribution in [-0.4, -0.2) is 193 Å². The summed E-state index contributed by atoms with van der Waals surface area (Å²) in [6, 6.07) is 32.5. The van der Waals surface area contributed by atoms with E-state index < -0.39 is 0 Å². The molecule has 588 valence electrons. The molecule has 0 saturated carbocycles. The Morgan fingerprint density at radius 1 is 0.339 bits per heavy atom. The van der Waals surface area contributed by atoms with E-state index in [2.05, 4.69) is 241 Å². The summed E-state index contributed by atoms with van der Waals surface area (Å²) in [5, 5.41) is 27.4. The summed E-state index contributed by atoms with van der Waals surface area (Å²) >= 11 is 0. The van der Waals surface area contributed by atoms with E-state index in [4.69, 9.17) is 44.8 Å². The molecule has 115 heavy (non-hydrogen) atoms. The van der Waals surface area contributed by atoms with Crippen LogP contribution in [0.1, 0.15) is 74.9 Å². The van der Waals surface area contributed by atoms with Crippen LogP contribution in [0.5, 0.6) is 0 Å². The summed E-state index contributed by atoms with van der Waals surface area (Å²) in [5.74, 6) is 2.43. The molecule has 0 amide bonds. The Labute approximate surface area is 672 Å². The first-order chi connectivity index (χ1) is 55.9. The second kappa shape index (κ2) is 33.9. The molecule has 25 nitrogen and oxygen atoms in total. The Morgan fingerprint density at radius 2 is 0.661 bits per heavy atom. The Bertz CT molecular complexity index is 5860. The van der Waals surface area contributed by atoms with Gasteiger partial charge in [0.1, 0.15) is 17.5 Å². The summed E-state index contributed by atoms with van der Waals surface area (Å²) in [6.07, 6.45) is 38.7. The van der Waals surface area contributed by atoms with Gasteiger partial charge in [-0.25, -0.2) is 29.9 Å². The largest absolute Gasteiger partial charge is 0.383 e. The Balaban J connectivity index is 0.000000130. The highest BCUT2D eigenvalue weighted by Crippen LogP contribution is 2.45. The number of likely N-dealkylation sites (N-methyl/N-ethyl adjacent to an activating group) is 3. The van der Waals surface area contributed by atoms with E-state index in [0.717, 1.165) is 170 Å². The lowest BCUT2D eigenvalue weighted by molar-refractivity contribution is 0.183. The van der Waals surface area contributed by atoms with Gasteiger partial charge in [0.2, 0.25) is 0 Å². The van der Waals surface area contributed by atoms with E-state index in [1.54, 1.807) is 7.11 Å². The zero-order valence-electron chi connectivity index (χ0n) is 68.2. The molecule has 0 saturated heterocycles. The minimum atomic E-state index is 0.618. The van der Waals surface area contributed by atoms with Crippen molar-refractivity contribution >= 4 is 0 Å². The topological polar surface area (TPSA) is 218 Å². The lowest BCUT2D eigenvalue weighted by atomic mass is 9.89. The van der Waals surface area contributed by atoms with Crippen LogP contribution >= 0.6 is 0 Å². The number of rotatable bonds is 25. The van der Waals surface area contributed by atoms with Crippen LogP contribution in [0.15, 0.2) is 184 Å². The molecule has 0 fully saturated rings. The first kappa shape index (κ1) is 76.8. The third-order valence-electron chi connectivity index (χ3n) is 22.0. The van der Waals surface area contributed by atoms with Gasteiger partial charge in [0, 0.05) is 169 Å². The zero-order chi connectivity index (χ0) is 79.4. The van der Waals surface area contributed by atoms with Gasteiger partial charge in [0.15, 0.2) is 0 Å². The van der Waals surface area contributed by atoms with Crippen molar-refractivity contribution in [3.63, 3.8) is 0 Å². The number of ether oxygens (including phenoxy) is 1. The normalized spacial score (nSPS) is 12.7. The summed E-state index contributed by atoms with van der Waals surface area (Å²) < 4.78 is 23.6. The van der Waals surface area contributed by atoms with Gasteiger partial charge in [-0.3, -0.25) is 28.1 Å². The molecule has 0 N–H and O–H groups in total. The number of aryl methyl sites for hydroxylation is 11. The van der Waals surface area contributed by atoms with Crippen molar-refractivity contribution < 1.29 is 4.74 Å². The molecule has 18 rings (SSSR count). The van der Waals surface area contributed by atoms with Crippen molar-refractivity contribution in [2.24, 2.45) is 28.2 Å². The molecule has 3 aromatic carbocycles. The van der Waals surface area contributed by atoms with Crippen LogP contribution in [0.3, 0.4) is 0 Å². The molecule has 25 heteroatoms. The molecule has 0 spiro atoms. The molecule has 15 aromatic rings. The van der Waals surface area contributed by atoms with Gasteiger partial charge < -0.3 is 33.1 Å². The molecule has 12 aromatic heterocycles. The predicted molar refractivity (Wildman–Crippen MR) is 451 cm³/mol. The van der Waals surface area contributed by atoms with Gasteiger partial charge in [0.05, 0.1) is 122 Å². The molecule has 0 radical (unpaired) electrons. The molecule has 0 aliphatic heterocycles. The summed E-state index contributed by atoms with van der Waals surface area (Å²) in [7, 11) is 22.5. The van der Waals surface area contributed by atoms with Crippen molar-refractivity contribution in [1.29, 1.82) is 0 Å². The molecule has 0 unspecified atom stereocenters. The number of benzene rings is 3. The number of methoxy groups -OCH3 is 1. The molecule has 3 aliphatic carbocycles. The van der Waals surface area contributed by atoms with Crippen molar-refractivity contribution in [2.45, 2.75) is 97.4 Å². The summed E-state index contributed by atoms with van der Waals surface area (Å²) in [6.45, 7) is 9.83. The third kappa shape index (κ3) is 17.2. The predicted octanol–water partition coefficient (Wildman–Crippen LogP) is 12.6. The van der Waals surface area contributed by atoms with Crippen molar-refractivity contribution in [3.8, 4) is 101 Å². The van der Waals surface area contributed by atoms with Crippen molar-refractivity contribution in [1.82, 2.24) is 117 Å². The Kier molecular flexibility index (Phi) is 22.6. The second-order valence-electron chi connectivity index (χ2n) is 31.3. The Hall–Kier alpha value is -12.2. The van der Waals surface area contributed by atoms with Gasteiger partial charge in [-0.1, -0.05) is 72.8 Å². The van der Waals surface area contributed by atoms with Crippen LogP contribution in [0, 0.1) is 0 Å². The van der Waals surface area contributed by atoms with Gasteiger partial charge >= 0.3 is 0 Å². The van der Waals surface area contributed by atoms with E-state index in [1.807, 2.05) is 97.1 Å².